The van der Waals surface area contributed by atoms with E-state index in [1.165, 1.54) is 6.42 Å². The first kappa shape index (κ1) is 15.0. The second-order valence-corrected chi connectivity index (χ2v) is 6.34. The van der Waals surface area contributed by atoms with Crippen molar-refractivity contribution < 1.29 is 4.74 Å². The predicted molar refractivity (Wildman–Crippen MR) is 85.4 cm³/mol. The van der Waals surface area contributed by atoms with E-state index in [9.17, 15) is 0 Å². The summed E-state index contributed by atoms with van der Waals surface area (Å²) in [6.45, 7) is 8.04. The molecule has 4 nitrogen and oxygen atoms in total. The van der Waals surface area contributed by atoms with Crippen LogP contribution in [0.15, 0.2) is 0 Å². The highest BCUT2D eigenvalue weighted by atomic mass is 127. The number of rotatable bonds is 4. The van der Waals surface area contributed by atoms with Gasteiger partial charge in [-0.3, -0.25) is 0 Å². The smallest absolute Gasteiger partial charge is 0.162 e. The molecule has 0 aliphatic carbocycles. The first-order chi connectivity index (χ1) is 9.07. The van der Waals surface area contributed by atoms with Gasteiger partial charge < -0.3 is 10.1 Å². The SMILES string of the molecule is CCCNc1nc(C2(C)CCCCO2)nc(C)c1I. The number of aryl methyl sites for hydroxylation is 1. The lowest BCUT2D eigenvalue weighted by molar-refractivity contribution is -0.0760. The van der Waals surface area contributed by atoms with Crippen LogP contribution in [0, 0.1) is 10.5 Å². The van der Waals surface area contributed by atoms with Crippen molar-refractivity contribution >= 4 is 28.4 Å². The molecule has 2 heterocycles. The highest BCUT2D eigenvalue weighted by Crippen LogP contribution is 2.34. The minimum Gasteiger partial charge on any atom is -0.369 e. The van der Waals surface area contributed by atoms with Crippen LogP contribution < -0.4 is 5.32 Å². The van der Waals surface area contributed by atoms with Crippen LogP contribution in [0.4, 0.5) is 5.82 Å². The van der Waals surface area contributed by atoms with Gasteiger partial charge in [-0.1, -0.05) is 6.92 Å². The van der Waals surface area contributed by atoms with E-state index in [2.05, 4.69) is 46.7 Å². The molecule has 1 unspecified atom stereocenters. The molecule has 1 N–H and O–H groups in total. The molecule has 0 amide bonds. The molecule has 0 radical (unpaired) electrons. The summed E-state index contributed by atoms with van der Waals surface area (Å²) in [5.74, 6) is 1.77. The van der Waals surface area contributed by atoms with Crippen molar-refractivity contribution in [1.82, 2.24) is 9.97 Å². The Morgan fingerprint density at radius 3 is 2.79 bits per heavy atom. The zero-order valence-electron chi connectivity index (χ0n) is 11.9. The van der Waals surface area contributed by atoms with Crippen LogP contribution >= 0.6 is 22.6 Å². The van der Waals surface area contributed by atoms with Crippen molar-refractivity contribution in [1.29, 1.82) is 0 Å². The van der Waals surface area contributed by atoms with E-state index in [-0.39, 0.29) is 5.60 Å². The summed E-state index contributed by atoms with van der Waals surface area (Å²) in [7, 11) is 0. The highest BCUT2D eigenvalue weighted by molar-refractivity contribution is 14.1. The van der Waals surface area contributed by atoms with Crippen molar-refractivity contribution in [2.24, 2.45) is 0 Å². The van der Waals surface area contributed by atoms with Crippen LogP contribution in [-0.2, 0) is 10.3 Å². The molecular weight excluding hydrogens is 353 g/mol. The van der Waals surface area contributed by atoms with Crippen LogP contribution in [0.1, 0.15) is 51.0 Å². The third-order valence-electron chi connectivity index (χ3n) is 3.50. The van der Waals surface area contributed by atoms with E-state index >= 15 is 0 Å². The van der Waals surface area contributed by atoms with Crippen molar-refractivity contribution in [3.8, 4) is 0 Å². The Hall–Kier alpha value is -0.430. The molecule has 0 bridgehead atoms. The minimum absolute atomic E-state index is 0.323. The van der Waals surface area contributed by atoms with Gasteiger partial charge in [0.1, 0.15) is 11.4 Å². The molecule has 1 aromatic rings. The second-order valence-electron chi connectivity index (χ2n) is 5.26. The zero-order valence-corrected chi connectivity index (χ0v) is 14.1. The fraction of sp³-hybridized carbons (Fsp3) is 0.714. The van der Waals surface area contributed by atoms with Crippen LogP contribution in [0.25, 0.3) is 0 Å². The van der Waals surface area contributed by atoms with Gasteiger partial charge in [0, 0.05) is 13.2 Å². The van der Waals surface area contributed by atoms with Gasteiger partial charge in [-0.25, -0.2) is 9.97 Å². The molecule has 1 aliphatic heterocycles. The Balaban J connectivity index is 2.32. The number of hydrogen-bond donors (Lipinski definition) is 1. The number of nitrogens with zero attached hydrogens (tertiary/aromatic N) is 2. The third-order valence-corrected chi connectivity index (χ3v) is 4.79. The van der Waals surface area contributed by atoms with Gasteiger partial charge in [0.15, 0.2) is 5.82 Å². The lowest BCUT2D eigenvalue weighted by Crippen LogP contribution is -2.33. The molecule has 1 aromatic heterocycles. The first-order valence-electron chi connectivity index (χ1n) is 6.99. The summed E-state index contributed by atoms with van der Waals surface area (Å²) in [5, 5.41) is 3.39. The molecule has 1 saturated heterocycles. The van der Waals surface area contributed by atoms with Gasteiger partial charge in [-0.05, 0) is 62.1 Å². The maximum Gasteiger partial charge on any atom is 0.162 e. The van der Waals surface area contributed by atoms with Gasteiger partial charge >= 0.3 is 0 Å². The minimum atomic E-state index is -0.323. The van der Waals surface area contributed by atoms with Gasteiger partial charge in [0.05, 0.1) is 9.26 Å². The van der Waals surface area contributed by atoms with E-state index in [4.69, 9.17) is 9.72 Å². The lowest BCUT2D eigenvalue weighted by Gasteiger charge is -2.32. The number of anilines is 1. The molecule has 106 valence electrons. The Morgan fingerprint density at radius 1 is 1.37 bits per heavy atom. The van der Waals surface area contributed by atoms with E-state index in [1.807, 2.05) is 6.92 Å². The summed E-state index contributed by atoms with van der Waals surface area (Å²) >= 11 is 2.31. The van der Waals surface area contributed by atoms with Crippen LogP contribution in [-0.4, -0.2) is 23.1 Å². The molecule has 2 rings (SSSR count). The van der Waals surface area contributed by atoms with Crippen LogP contribution in [0.3, 0.4) is 0 Å². The van der Waals surface area contributed by atoms with Crippen molar-refractivity contribution in [3.63, 3.8) is 0 Å². The van der Waals surface area contributed by atoms with E-state index < -0.39 is 0 Å². The normalized spacial score (nSPS) is 23.4. The molecule has 1 atom stereocenters. The molecule has 1 aliphatic rings. The molecule has 1 fully saturated rings. The van der Waals surface area contributed by atoms with Crippen molar-refractivity contribution in [2.75, 3.05) is 18.5 Å². The Bertz CT molecular complexity index is 445. The van der Waals surface area contributed by atoms with Gasteiger partial charge in [0.2, 0.25) is 0 Å². The molecule has 0 saturated carbocycles. The number of aromatic nitrogens is 2. The largest absolute Gasteiger partial charge is 0.369 e. The standard InChI is InChI=1S/C14H22IN3O/c1-4-8-16-12-11(15)10(2)17-13(18-12)14(3)7-5-6-9-19-14/h4-9H2,1-3H3,(H,16,17,18). The van der Waals surface area contributed by atoms with Gasteiger partial charge in [-0.15, -0.1) is 0 Å². The molecule has 19 heavy (non-hydrogen) atoms. The average molecular weight is 375 g/mol. The van der Waals surface area contributed by atoms with E-state index in [1.54, 1.807) is 0 Å². The predicted octanol–water partition coefficient (Wildman–Crippen LogP) is 3.63. The number of nitrogens with one attached hydrogen (secondary N) is 1. The molecule has 0 spiro atoms. The second kappa shape index (κ2) is 6.35. The fourth-order valence-corrected chi connectivity index (χ4v) is 2.70. The zero-order chi connectivity index (χ0) is 13.9. The summed E-state index contributed by atoms with van der Waals surface area (Å²) in [6.07, 6.45) is 4.41. The maximum atomic E-state index is 5.95. The van der Waals surface area contributed by atoms with Gasteiger partial charge in [0.25, 0.3) is 0 Å². The van der Waals surface area contributed by atoms with E-state index in [0.717, 1.165) is 53.3 Å². The summed E-state index contributed by atoms with van der Waals surface area (Å²) < 4.78 is 7.06. The quantitative estimate of drug-likeness (QED) is 0.817. The lowest BCUT2D eigenvalue weighted by atomic mass is 9.95. The van der Waals surface area contributed by atoms with E-state index in [0.29, 0.717) is 0 Å². The van der Waals surface area contributed by atoms with Gasteiger partial charge in [-0.2, -0.15) is 0 Å². The molecular formula is C14H22IN3O. The number of halogens is 1. The Kier molecular flexibility index (Phi) is 5.00. The number of ether oxygens (including phenoxy) is 1. The maximum absolute atomic E-state index is 5.95. The summed E-state index contributed by atoms with van der Waals surface area (Å²) in [5.41, 5.74) is 0.704. The number of hydrogen-bond acceptors (Lipinski definition) is 4. The Labute approximate surface area is 128 Å². The van der Waals surface area contributed by atoms with Crippen LogP contribution in [0.2, 0.25) is 0 Å². The monoisotopic (exact) mass is 375 g/mol. The highest BCUT2D eigenvalue weighted by Gasteiger charge is 2.33. The fourth-order valence-electron chi connectivity index (χ4n) is 2.27. The molecule has 5 heteroatoms. The third kappa shape index (κ3) is 3.37. The topological polar surface area (TPSA) is 47.0 Å². The Morgan fingerprint density at radius 2 is 2.16 bits per heavy atom. The summed E-state index contributed by atoms with van der Waals surface area (Å²) in [6, 6.07) is 0. The van der Waals surface area contributed by atoms with Crippen molar-refractivity contribution in [2.45, 2.75) is 52.1 Å². The average Bonchev–Trinajstić information content (AvgIpc) is 2.41. The summed E-state index contributed by atoms with van der Waals surface area (Å²) in [4.78, 5) is 9.36. The molecule has 0 aromatic carbocycles. The van der Waals surface area contributed by atoms with Crippen LogP contribution in [0.5, 0.6) is 0 Å². The van der Waals surface area contributed by atoms with Crippen molar-refractivity contribution in [3.05, 3.63) is 15.1 Å². The first-order valence-corrected chi connectivity index (χ1v) is 8.07.